The minimum atomic E-state index is -1.12. The van der Waals surface area contributed by atoms with Gasteiger partial charge in [0, 0.05) is 25.5 Å². The van der Waals surface area contributed by atoms with Gasteiger partial charge in [0.15, 0.2) is 6.04 Å². The smallest absolute Gasteiger partial charge is 0.407 e. The third kappa shape index (κ3) is 5.82. The van der Waals surface area contributed by atoms with E-state index in [9.17, 15) is 19.5 Å². The van der Waals surface area contributed by atoms with Crippen molar-refractivity contribution < 1.29 is 29.0 Å². The van der Waals surface area contributed by atoms with Crippen molar-refractivity contribution in [2.75, 3.05) is 26.9 Å². The molecule has 2 amide bonds. The van der Waals surface area contributed by atoms with E-state index in [4.69, 9.17) is 9.47 Å². The molecule has 4 rings (SSSR count). The number of carbonyl (C=O) groups excluding carboxylic acids is 2. The van der Waals surface area contributed by atoms with Crippen LogP contribution in [0.2, 0.25) is 0 Å². The maximum absolute atomic E-state index is 12.6. The molecule has 1 fully saturated rings. The summed E-state index contributed by atoms with van der Waals surface area (Å²) in [6.07, 6.45) is 2.57. The van der Waals surface area contributed by atoms with Crippen molar-refractivity contribution in [3.63, 3.8) is 0 Å². The van der Waals surface area contributed by atoms with Crippen molar-refractivity contribution in [3.05, 3.63) is 59.7 Å². The molecule has 35 heavy (non-hydrogen) atoms. The van der Waals surface area contributed by atoms with Crippen molar-refractivity contribution in [2.24, 2.45) is 11.8 Å². The van der Waals surface area contributed by atoms with Gasteiger partial charge in [-0.2, -0.15) is 0 Å². The zero-order valence-corrected chi connectivity index (χ0v) is 19.9. The number of aliphatic carboxylic acids is 1. The number of amides is 2. The molecule has 2 aromatic rings. The summed E-state index contributed by atoms with van der Waals surface area (Å²) in [6, 6.07) is 15.3. The van der Waals surface area contributed by atoms with E-state index < -0.39 is 18.1 Å². The van der Waals surface area contributed by atoms with Crippen LogP contribution in [0.4, 0.5) is 4.79 Å². The van der Waals surface area contributed by atoms with Gasteiger partial charge in [0.25, 0.3) is 0 Å². The average Bonchev–Trinajstić information content (AvgIpc) is 3.19. The summed E-state index contributed by atoms with van der Waals surface area (Å²) in [5, 5.41) is 14.7. The number of fused-ring (bicyclic) bond motifs is 3. The first-order valence-corrected chi connectivity index (χ1v) is 12.1. The molecule has 3 unspecified atom stereocenters. The van der Waals surface area contributed by atoms with Gasteiger partial charge in [-0.05, 0) is 47.4 Å². The van der Waals surface area contributed by atoms with E-state index in [0.717, 1.165) is 24.0 Å². The lowest BCUT2D eigenvalue weighted by Gasteiger charge is -2.29. The summed E-state index contributed by atoms with van der Waals surface area (Å²) >= 11 is 0. The van der Waals surface area contributed by atoms with Crippen LogP contribution in [0.5, 0.6) is 0 Å². The fourth-order valence-electron chi connectivity index (χ4n) is 5.22. The van der Waals surface area contributed by atoms with Gasteiger partial charge in [-0.3, -0.25) is 4.79 Å². The molecule has 2 aromatic carbocycles. The Hall–Kier alpha value is -3.39. The largest absolute Gasteiger partial charge is 0.480 e. The molecule has 3 N–H and O–H groups in total. The second-order valence-electron chi connectivity index (χ2n) is 9.29. The summed E-state index contributed by atoms with van der Waals surface area (Å²) in [5.74, 6) is -1.54. The van der Waals surface area contributed by atoms with E-state index in [-0.39, 0.29) is 36.9 Å². The number of benzene rings is 2. The highest BCUT2D eigenvalue weighted by Crippen LogP contribution is 2.44. The predicted molar refractivity (Wildman–Crippen MR) is 130 cm³/mol. The number of carbonyl (C=O) groups is 3. The molecular formula is C27H32N2O6. The molecule has 0 spiro atoms. The van der Waals surface area contributed by atoms with E-state index in [0.29, 0.717) is 19.4 Å². The lowest BCUT2D eigenvalue weighted by Crippen LogP contribution is -2.47. The third-order valence-electron chi connectivity index (χ3n) is 6.98. The zero-order chi connectivity index (χ0) is 24.8. The monoisotopic (exact) mass is 480 g/mol. The van der Waals surface area contributed by atoms with Crippen LogP contribution in [0.1, 0.15) is 42.7 Å². The fourth-order valence-corrected chi connectivity index (χ4v) is 5.22. The Morgan fingerprint density at radius 2 is 1.69 bits per heavy atom. The number of ether oxygens (including phenoxy) is 2. The molecular weight excluding hydrogens is 448 g/mol. The molecule has 3 atom stereocenters. The maximum Gasteiger partial charge on any atom is 0.407 e. The number of carboxylic acids is 1. The summed E-state index contributed by atoms with van der Waals surface area (Å²) < 4.78 is 10.5. The molecule has 0 saturated heterocycles. The summed E-state index contributed by atoms with van der Waals surface area (Å²) in [7, 11) is 1.40. The molecule has 2 aliphatic rings. The normalized spacial score (nSPS) is 19.8. The van der Waals surface area contributed by atoms with E-state index in [1.807, 2.05) is 24.3 Å². The highest BCUT2D eigenvalue weighted by molar-refractivity contribution is 5.85. The van der Waals surface area contributed by atoms with E-state index in [1.165, 1.54) is 18.2 Å². The van der Waals surface area contributed by atoms with E-state index in [2.05, 4.69) is 34.9 Å². The minimum absolute atomic E-state index is 0.00480. The average molecular weight is 481 g/mol. The van der Waals surface area contributed by atoms with Gasteiger partial charge in [-0.1, -0.05) is 55.0 Å². The number of carboxylic acid groups (broad SMARTS) is 1. The van der Waals surface area contributed by atoms with Crippen LogP contribution in [0.25, 0.3) is 11.1 Å². The molecule has 1 saturated carbocycles. The fraction of sp³-hybridized carbons (Fsp3) is 0.444. The van der Waals surface area contributed by atoms with Crippen molar-refractivity contribution >= 4 is 18.0 Å². The number of methoxy groups -OCH3 is 1. The lowest BCUT2D eigenvalue weighted by molar-refractivity contribution is -0.144. The molecule has 2 aliphatic carbocycles. The summed E-state index contributed by atoms with van der Waals surface area (Å²) in [6.45, 7) is 0.590. The first kappa shape index (κ1) is 24.7. The maximum atomic E-state index is 12.6. The van der Waals surface area contributed by atoms with Gasteiger partial charge in [-0.15, -0.1) is 0 Å². The standard InChI is InChI=1S/C27H32N2O6/c1-34-16-24(26(31)32)29-25(30)18-8-6-7-17(13-18)14-28-27(33)35-15-23-21-11-4-2-9-19(21)20-10-3-5-12-22(20)23/h2-5,9-12,17-18,23-24H,6-8,13-16H2,1H3,(H,28,33)(H,29,30)(H,31,32). The molecule has 0 heterocycles. The zero-order valence-electron chi connectivity index (χ0n) is 19.9. The molecule has 8 nitrogen and oxygen atoms in total. The Kier molecular flexibility index (Phi) is 8.02. The first-order valence-electron chi connectivity index (χ1n) is 12.1. The van der Waals surface area contributed by atoms with Crippen LogP contribution in [-0.2, 0) is 19.1 Å². The van der Waals surface area contributed by atoms with Crippen molar-refractivity contribution in [2.45, 2.75) is 37.6 Å². The van der Waals surface area contributed by atoms with Gasteiger partial charge in [0.05, 0.1) is 6.61 Å². The van der Waals surface area contributed by atoms with Gasteiger partial charge in [0.1, 0.15) is 6.61 Å². The Morgan fingerprint density at radius 3 is 2.31 bits per heavy atom. The second-order valence-corrected chi connectivity index (χ2v) is 9.29. The predicted octanol–water partition coefficient (Wildman–Crippen LogP) is 3.55. The number of hydrogen-bond donors (Lipinski definition) is 3. The molecule has 186 valence electrons. The van der Waals surface area contributed by atoms with Crippen molar-refractivity contribution in [1.82, 2.24) is 10.6 Å². The highest BCUT2D eigenvalue weighted by atomic mass is 16.5. The van der Waals surface area contributed by atoms with Crippen LogP contribution < -0.4 is 10.6 Å². The molecule has 0 aliphatic heterocycles. The minimum Gasteiger partial charge on any atom is -0.480 e. The van der Waals surface area contributed by atoms with E-state index >= 15 is 0 Å². The second kappa shape index (κ2) is 11.4. The number of rotatable bonds is 9. The quantitative estimate of drug-likeness (QED) is 0.506. The van der Waals surface area contributed by atoms with Gasteiger partial charge in [0.2, 0.25) is 5.91 Å². The third-order valence-corrected chi connectivity index (χ3v) is 6.98. The molecule has 0 aromatic heterocycles. The van der Waals surface area contributed by atoms with Gasteiger partial charge >= 0.3 is 12.1 Å². The first-order chi connectivity index (χ1) is 17.0. The van der Waals surface area contributed by atoms with Crippen LogP contribution in [0.3, 0.4) is 0 Å². The number of hydrogen-bond acceptors (Lipinski definition) is 5. The van der Waals surface area contributed by atoms with E-state index in [1.54, 1.807) is 0 Å². The van der Waals surface area contributed by atoms with Crippen LogP contribution in [0, 0.1) is 11.8 Å². The summed E-state index contributed by atoms with van der Waals surface area (Å²) in [5.41, 5.74) is 4.69. The van der Waals surface area contributed by atoms with Crippen LogP contribution in [-0.4, -0.2) is 56.0 Å². The van der Waals surface area contributed by atoms with Gasteiger partial charge in [-0.25, -0.2) is 9.59 Å². The highest BCUT2D eigenvalue weighted by Gasteiger charge is 2.31. The Morgan fingerprint density at radius 1 is 1.03 bits per heavy atom. The van der Waals surface area contributed by atoms with Crippen molar-refractivity contribution in [3.8, 4) is 11.1 Å². The molecule has 0 radical (unpaired) electrons. The van der Waals surface area contributed by atoms with Crippen molar-refractivity contribution in [1.29, 1.82) is 0 Å². The molecule has 0 bridgehead atoms. The number of alkyl carbamates (subject to hydrolysis) is 1. The topological polar surface area (TPSA) is 114 Å². The van der Waals surface area contributed by atoms with Gasteiger partial charge < -0.3 is 25.2 Å². The van der Waals surface area contributed by atoms with Crippen LogP contribution in [0.15, 0.2) is 48.5 Å². The molecule has 8 heteroatoms. The Labute approximate surface area is 205 Å². The van der Waals surface area contributed by atoms with Crippen LogP contribution >= 0.6 is 0 Å². The lowest BCUT2D eigenvalue weighted by atomic mass is 9.81. The SMILES string of the molecule is COCC(NC(=O)C1CCCC(CNC(=O)OCC2c3ccccc3-c3ccccc32)C1)C(=O)O. The Bertz CT molecular complexity index is 1030. The summed E-state index contributed by atoms with van der Waals surface area (Å²) in [4.78, 5) is 36.3. The Balaban J connectivity index is 1.26. The number of nitrogens with one attached hydrogen (secondary N) is 2.